The molecule has 2 unspecified atom stereocenters. The zero-order chi connectivity index (χ0) is 30.4. The standard InChI is InChI=1S/C29H27F3N8O3/c1-33-18-7-17(30)22(31)20-21-24(39-5-4-29(32)12-38(3)11-19(29)39)15(9-35-26(21)37-23(18)20)13-6-14-25(41)16(28(42)43)10-40(34-2)27(14)36-8-13/h6-10,19,33-34H,4-5,11-12H2,1-3H3,(H,35,37)(H,42,43). The van der Waals surface area contributed by atoms with Crippen molar-refractivity contribution in [1.82, 2.24) is 24.5 Å². The predicted octanol–water partition coefficient (Wildman–Crippen LogP) is 3.52. The summed E-state index contributed by atoms with van der Waals surface area (Å²) in [6, 6.07) is 1.98. The molecule has 2 atom stereocenters. The third-order valence-corrected chi connectivity index (χ3v) is 8.70. The number of hydrogen-bond donors (Lipinski definition) is 4. The van der Waals surface area contributed by atoms with Gasteiger partial charge in [-0.3, -0.25) is 4.79 Å². The van der Waals surface area contributed by atoms with Crippen molar-refractivity contribution in [2.45, 2.75) is 18.1 Å². The fraction of sp³-hybridized carbons (Fsp3) is 0.310. The summed E-state index contributed by atoms with van der Waals surface area (Å²) in [4.78, 5) is 41.0. The smallest absolute Gasteiger partial charge is 0.341 e. The van der Waals surface area contributed by atoms with Crippen molar-refractivity contribution in [3.63, 3.8) is 0 Å². The van der Waals surface area contributed by atoms with Crippen molar-refractivity contribution in [2.75, 3.05) is 56.4 Å². The number of anilines is 2. The number of rotatable bonds is 5. The van der Waals surface area contributed by atoms with Gasteiger partial charge < -0.3 is 30.6 Å². The summed E-state index contributed by atoms with van der Waals surface area (Å²) in [5.41, 5.74) is 2.38. The molecule has 0 amide bonds. The Balaban J connectivity index is 1.58. The lowest BCUT2D eigenvalue weighted by Gasteiger charge is -2.30. The van der Waals surface area contributed by atoms with Gasteiger partial charge in [-0.25, -0.2) is 32.6 Å². The highest BCUT2D eigenvalue weighted by atomic mass is 19.2. The summed E-state index contributed by atoms with van der Waals surface area (Å²) < 4.78 is 48.1. The Labute approximate surface area is 241 Å². The fourth-order valence-corrected chi connectivity index (χ4v) is 6.76. The van der Waals surface area contributed by atoms with Crippen LogP contribution in [0, 0.1) is 11.6 Å². The van der Waals surface area contributed by atoms with Crippen molar-refractivity contribution in [3.05, 3.63) is 58.1 Å². The van der Waals surface area contributed by atoms with Crippen molar-refractivity contribution in [1.29, 1.82) is 0 Å². The van der Waals surface area contributed by atoms with E-state index in [1.807, 2.05) is 16.8 Å². The molecule has 4 N–H and O–H groups in total. The van der Waals surface area contributed by atoms with Gasteiger partial charge >= 0.3 is 5.97 Å². The van der Waals surface area contributed by atoms with Gasteiger partial charge in [0.15, 0.2) is 17.3 Å². The van der Waals surface area contributed by atoms with E-state index >= 15 is 8.78 Å². The Morgan fingerprint density at radius 1 is 1.19 bits per heavy atom. The van der Waals surface area contributed by atoms with Gasteiger partial charge in [0, 0.05) is 75.9 Å². The molecule has 1 aromatic carbocycles. The number of nitrogens with zero attached hydrogens (tertiary/aromatic N) is 5. The van der Waals surface area contributed by atoms with E-state index in [0.29, 0.717) is 41.1 Å². The van der Waals surface area contributed by atoms with Gasteiger partial charge in [-0.15, -0.1) is 0 Å². The number of benzene rings is 1. The van der Waals surface area contributed by atoms with Crippen LogP contribution in [0.3, 0.4) is 0 Å². The first-order valence-corrected chi connectivity index (χ1v) is 13.7. The van der Waals surface area contributed by atoms with Gasteiger partial charge in [0.05, 0.1) is 39.1 Å². The summed E-state index contributed by atoms with van der Waals surface area (Å²) in [5, 5.41) is 12.8. The molecule has 2 aliphatic heterocycles. The van der Waals surface area contributed by atoms with Crippen LogP contribution in [-0.2, 0) is 0 Å². The molecular formula is C29H27F3N8O3. The topological polar surface area (TPSA) is 131 Å². The second-order valence-electron chi connectivity index (χ2n) is 11.1. The maximum Gasteiger partial charge on any atom is 0.341 e. The van der Waals surface area contributed by atoms with E-state index in [0.717, 1.165) is 12.3 Å². The molecule has 7 rings (SSSR count). The Hall–Kier alpha value is -4.85. The van der Waals surface area contributed by atoms with Crippen molar-refractivity contribution < 1.29 is 23.1 Å². The van der Waals surface area contributed by atoms with Crippen molar-refractivity contribution in [3.8, 4) is 11.1 Å². The van der Waals surface area contributed by atoms with Gasteiger partial charge in [0.25, 0.3) is 0 Å². The molecule has 6 heterocycles. The van der Waals surface area contributed by atoms with E-state index < -0.39 is 40.3 Å². The SMILES string of the molecule is CNc1cc(F)c(F)c2c1[nH]c1ncc(-c3cnc4c(c3)c(=O)c(C(=O)O)cn4NC)c(N3CCC4(F)CN(C)CC34)c12. The molecule has 5 aromatic rings. The number of halogens is 3. The number of H-pyrrole nitrogens is 1. The molecule has 0 bridgehead atoms. The number of likely N-dealkylation sites (tertiary alicyclic amines) is 1. The first kappa shape index (κ1) is 27.0. The minimum atomic E-state index is -1.52. The maximum atomic E-state index is 16.2. The van der Waals surface area contributed by atoms with Gasteiger partial charge in [0.1, 0.15) is 16.9 Å². The van der Waals surface area contributed by atoms with Crippen LogP contribution in [0.25, 0.3) is 44.1 Å². The molecule has 0 radical (unpaired) electrons. The summed E-state index contributed by atoms with van der Waals surface area (Å²) in [5.74, 6) is -3.53. The molecule has 2 aliphatic rings. The summed E-state index contributed by atoms with van der Waals surface area (Å²) in [7, 11) is 4.98. The van der Waals surface area contributed by atoms with E-state index in [9.17, 15) is 19.1 Å². The number of aromatic carboxylic acids is 1. The highest BCUT2D eigenvalue weighted by molar-refractivity contribution is 6.18. The summed E-state index contributed by atoms with van der Waals surface area (Å²) in [6.45, 7) is 0.948. The second-order valence-corrected chi connectivity index (χ2v) is 11.1. The number of carboxylic acids is 1. The largest absolute Gasteiger partial charge is 0.477 e. The molecule has 43 heavy (non-hydrogen) atoms. The molecule has 14 heteroatoms. The molecule has 2 fully saturated rings. The molecule has 222 valence electrons. The van der Waals surface area contributed by atoms with Crippen LogP contribution in [0.1, 0.15) is 16.8 Å². The van der Waals surface area contributed by atoms with Crippen LogP contribution in [0.4, 0.5) is 24.5 Å². The van der Waals surface area contributed by atoms with Crippen LogP contribution < -0.4 is 21.1 Å². The quantitative estimate of drug-likeness (QED) is 0.242. The molecule has 0 saturated carbocycles. The van der Waals surface area contributed by atoms with Crippen LogP contribution in [0.5, 0.6) is 0 Å². The normalized spacial score (nSPS) is 20.4. The van der Waals surface area contributed by atoms with E-state index in [4.69, 9.17) is 0 Å². The predicted molar refractivity (Wildman–Crippen MR) is 157 cm³/mol. The first-order chi connectivity index (χ1) is 20.6. The van der Waals surface area contributed by atoms with Crippen LogP contribution in [0.15, 0.2) is 35.5 Å². The Kier molecular flexibility index (Phi) is 5.86. The Morgan fingerprint density at radius 2 is 1.98 bits per heavy atom. The molecule has 2 saturated heterocycles. The van der Waals surface area contributed by atoms with Gasteiger partial charge in [-0.1, -0.05) is 0 Å². The highest BCUT2D eigenvalue weighted by Gasteiger charge is 2.54. The third-order valence-electron chi connectivity index (χ3n) is 8.70. The number of fused-ring (bicyclic) bond motifs is 5. The number of likely N-dealkylation sites (N-methyl/N-ethyl adjacent to an activating group) is 1. The van der Waals surface area contributed by atoms with E-state index in [2.05, 4.69) is 25.7 Å². The minimum Gasteiger partial charge on any atom is -0.477 e. The number of aromatic nitrogens is 4. The Morgan fingerprint density at radius 3 is 2.70 bits per heavy atom. The van der Waals surface area contributed by atoms with Crippen LogP contribution in [-0.4, -0.2) is 88.1 Å². The van der Waals surface area contributed by atoms with Gasteiger partial charge in [0.2, 0.25) is 5.43 Å². The lowest BCUT2D eigenvalue weighted by atomic mass is 9.98. The number of aromatic amines is 1. The monoisotopic (exact) mass is 592 g/mol. The molecule has 0 spiro atoms. The van der Waals surface area contributed by atoms with Crippen LogP contribution >= 0.6 is 0 Å². The average Bonchev–Trinajstić information content (AvgIpc) is 3.62. The van der Waals surface area contributed by atoms with Gasteiger partial charge in [-0.05, 0) is 13.1 Å². The molecule has 0 aliphatic carbocycles. The molecule has 4 aromatic heterocycles. The Bertz CT molecular complexity index is 2060. The lowest BCUT2D eigenvalue weighted by molar-refractivity contribution is 0.0695. The van der Waals surface area contributed by atoms with Crippen molar-refractivity contribution >= 4 is 50.3 Å². The fourth-order valence-electron chi connectivity index (χ4n) is 6.76. The zero-order valence-corrected chi connectivity index (χ0v) is 23.4. The summed E-state index contributed by atoms with van der Waals surface area (Å²) >= 11 is 0. The summed E-state index contributed by atoms with van der Waals surface area (Å²) in [6.07, 6.45) is 4.41. The highest BCUT2D eigenvalue weighted by Crippen LogP contribution is 2.48. The number of nitrogens with one attached hydrogen (secondary N) is 3. The van der Waals surface area contributed by atoms with Crippen LogP contribution in [0.2, 0.25) is 0 Å². The minimum absolute atomic E-state index is 0.0216. The maximum absolute atomic E-state index is 16.2. The van der Waals surface area contributed by atoms with Crippen molar-refractivity contribution in [2.24, 2.45) is 0 Å². The average molecular weight is 593 g/mol. The lowest BCUT2D eigenvalue weighted by Crippen LogP contribution is -2.40. The molecular weight excluding hydrogens is 565 g/mol. The first-order valence-electron chi connectivity index (χ1n) is 13.7. The zero-order valence-electron chi connectivity index (χ0n) is 23.4. The molecule has 11 nitrogen and oxygen atoms in total. The number of alkyl halides is 1. The number of carboxylic acid groups (broad SMARTS) is 1. The van der Waals surface area contributed by atoms with E-state index in [-0.39, 0.29) is 40.4 Å². The second kappa shape index (κ2) is 9.33. The van der Waals surface area contributed by atoms with E-state index in [1.165, 1.54) is 23.1 Å². The van der Waals surface area contributed by atoms with Gasteiger partial charge in [-0.2, -0.15) is 0 Å². The number of carbonyl (C=O) groups is 1. The van der Waals surface area contributed by atoms with E-state index in [1.54, 1.807) is 14.1 Å². The third kappa shape index (κ3) is 3.78. The number of hydrogen-bond acceptors (Lipinski definition) is 8. The number of pyridine rings is 3.